The molecule has 37 heavy (non-hydrogen) atoms. The SMILES string of the molecule is C=C/C(NC)=C(\N=CCC#Cc1ccccc1NS(=O)(=O)c1c(CC)ccc(/C=C\C)c1N=C)C(=O)O. The van der Waals surface area contributed by atoms with Gasteiger partial charge < -0.3 is 10.4 Å². The minimum absolute atomic E-state index is 0.0750. The maximum absolute atomic E-state index is 13.5. The third-order valence-corrected chi connectivity index (χ3v) is 6.62. The van der Waals surface area contributed by atoms with Crippen molar-refractivity contribution < 1.29 is 18.3 Å². The number of nitrogens with zero attached hydrogens (tertiary/aromatic N) is 2. The summed E-state index contributed by atoms with van der Waals surface area (Å²) in [5.41, 5.74) is 2.39. The predicted octanol–water partition coefficient (Wildman–Crippen LogP) is 4.93. The Morgan fingerprint density at radius 1 is 1.22 bits per heavy atom. The highest BCUT2D eigenvalue weighted by molar-refractivity contribution is 7.93. The topological polar surface area (TPSA) is 120 Å². The number of likely N-dealkylation sites (N-methyl/N-ethyl adjacent to an activating group) is 1. The van der Waals surface area contributed by atoms with Crippen LogP contribution in [0.1, 0.15) is 37.0 Å². The average Bonchev–Trinajstić information content (AvgIpc) is 2.88. The van der Waals surface area contributed by atoms with E-state index in [2.05, 4.69) is 45.2 Å². The first-order valence-corrected chi connectivity index (χ1v) is 12.9. The summed E-state index contributed by atoms with van der Waals surface area (Å²) in [5.74, 6) is 4.59. The van der Waals surface area contributed by atoms with Gasteiger partial charge in [0, 0.05) is 30.8 Å². The number of para-hydroxylation sites is 1. The predicted molar refractivity (Wildman–Crippen MR) is 151 cm³/mol. The number of hydrogen-bond acceptors (Lipinski definition) is 6. The molecule has 2 aromatic carbocycles. The molecule has 8 nitrogen and oxygen atoms in total. The fraction of sp³-hybridized carbons (Fsp3) is 0.179. The molecule has 192 valence electrons. The van der Waals surface area contributed by atoms with E-state index in [1.807, 2.05) is 19.9 Å². The summed E-state index contributed by atoms with van der Waals surface area (Å²) in [6.07, 6.45) is 6.95. The lowest BCUT2D eigenvalue weighted by molar-refractivity contribution is -0.132. The summed E-state index contributed by atoms with van der Waals surface area (Å²) in [4.78, 5) is 19.5. The standard InChI is InChI=1S/C28H30N4O4S/c1-6-13-22-18-17-20(7-2)27(25(22)30-5)37(35,36)32-24-16-10-9-14-21(24)15-11-12-19-31-26(28(33)34)23(8-3)29-4/h6,8-10,13-14,16-19,29,32H,3,5,7,12H2,1-2,4H3,(H,33,34)/b13-6-,26-23+,31-19?. The largest absolute Gasteiger partial charge is 0.476 e. The Labute approximate surface area is 218 Å². The number of aliphatic carboxylic acids is 1. The highest BCUT2D eigenvalue weighted by Crippen LogP contribution is 2.34. The van der Waals surface area contributed by atoms with Gasteiger partial charge in [-0.05, 0) is 43.8 Å². The van der Waals surface area contributed by atoms with Crippen molar-refractivity contribution in [3.63, 3.8) is 0 Å². The fourth-order valence-electron chi connectivity index (χ4n) is 3.45. The molecule has 0 fully saturated rings. The monoisotopic (exact) mass is 518 g/mol. The maximum atomic E-state index is 13.5. The minimum atomic E-state index is -4.03. The summed E-state index contributed by atoms with van der Waals surface area (Å²) in [6, 6.07) is 10.3. The van der Waals surface area contributed by atoms with Crippen LogP contribution in [-0.4, -0.2) is 39.5 Å². The molecule has 3 N–H and O–H groups in total. The number of carboxylic acid groups (broad SMARTS) is 1. The van der Waals surface area contributed by atoms with Crippen LogP contribution >= 0.6 is 0 Å². The van der Waals surface area contributed by atoms with Crippen LogP contribution in [0.4, 0.5) is 11.4 Å². The van der Waals surface area contributed by atoms with Crippen molar-refractivity contribution in [1.82, 2.24) is 5.32 Å². The number of nitrogens with one attached hydrogen (secondary N) is 2. The minimum Gasteiger partial charge on any atom is -0.476 e. The molecule has 0 aliphatic rings. The van der Waals surface area contributed by atoms with E-state index >= 15 is 0 Å². The summed E-state index contributed by atoms with van der Waals surface area (Å²) in [5, 5.41) is 12.0. The van der Waals surface area contributed by atoms with Crippen LogP contribution < -0.4 is 10.0 Å². The number of carboxylic acids is 1. The lowest BCUT2D eigenvalue weighted by Gasteiger charge is -2.16. The Balaban J connectivity index is 2.41. The van der Waals surface area contributed by atoms with Crippen LogP contribution in [-0.2, 0) is 21.2 Å². The van der Waals surface area contributed by atoms with Crippen molar-refractivity contribution in [3.8, 4) is 11.8 Å². The average molecular weight is 519 g/mol. The number of rotatable bonds is 11. The molecule has 0 aliphatic carbocycles. The number of anilines is 1. The molecule has 0 aliphatic heterocycles. The van der Waals surface area contributed by atoms with Crippen molar-refractivity contribution in [2.75, 3.05) is 11.8 Å². The van der Waals surface area contributed by atoms with Crippen molar-refractivity contribution in [2.45, 2.75) is 31.6 Å². The number of aliphatic imine (C=N–C) groups is 2. The number of allylic oxidation sites excluding steroid dienone is 2. The summed E-state index contributed by atoms with van der Waals surface area (Å²) >= 11 is 0. The Bertz CT molecular complexity index is 1440. The summed E-state index contributed by atoms with van der Waals surface area (Å²) in [6.45, 7) is 10.9. The van der Waals surface area contributed by atoms with Crippen LogP contribution in [0.2, 0.25) is 0 Å². The van der Waals surface area contributed by atoms with E-state index in [4.69, 9.17) is 0 Å². The lowest BCUT2D eigenvalue weighted by atomic mass is 10.1. The van der Waals surface area contributed by atoms with Crippen molar-refractivity contribution in [2.24, 2.45) is 9.98 Å². The van der Waals surface area contributed by atoms with E-state index in [1.54, 1.807) is 49.5 Å². The molecular formula is C28H30N4O4S. The first-order chi connectivity index (χ1) is 17.7. The molecular weight excluding hydrogens is 488 g/mol. The zero-order valence-electron chi connectivity index (χ0n) is 21.1. The Hall–Kier alpha value is -4.42. The zero-order chi connectivity index (χ0) is 27.4. The number of aryl methyl sites for hydroxylation is 1. The Morgan fingerprint density at radius 2 is 1.95 bits per heavy atom. The maximum Gasteiger partial charge on any atom is 0.356 e. The zero-order valence-corrected chi connectivity index (χ0v) is 21.9. The van der Waals surface area contributed by atoms with Gasteiger partial charge in [-0.25, -0.2) is 13.2 Å². The molecule has 2 rings (SSSR count). The molecule has 2 aromatic rings. The van der Waals surface area contributed by atoms with Crippen LogP contribution in [0, 0.1) is 11.8 Å². The molecule has 0 amide bonds. The van der Waals surface area contributed by atoms with Crippen LogP contribution in [0.15, 0.2) is 81.4 Å². The molecule has 0 saturated heterocycles. The lowest BCUT2D eigenvalue weighted by Crippen LogP contribution is -2.16. The molecule has 0 saturated carbocycles. The van der Waals surface area contributed by atoms with E-state index in [0.29, 0.717) is 28.8 Å². The first-order valence-electron chi connectivity index (χ1n) is 11.4. The van der Waals surface area contributed by atoms with E-state index in [1.165, 1.54) is 12.3 Å². The van der Waals surface area contributed by atoms with Gasteiger partial charge in [-0.3, -0.25) is 14.7 Å². The molecule has 0 unspecified atom stereocenters. The highest BCUT2D eigenvalue weighted by Gasteiger charge is 2.24. The summed E-state index contributed by atoms with van der Waals surface area (Å²) in [7, 11) is -2.46. The van der Waals surface area contributed by atoms with Gasteiger partial charge in [0.05, 0.1) is 17.1 Å². The normalized spacial score (nSPS) is 12.0. The third kappa shape index (κ3) is 7.29. The summed E-state index contributed by atoms with van der Waals surface area (Å²) < 4.78 is 29.7. The Morgan fingerprint density at radius 3 is 2.54 bits per heavy atom. The molecule has 0 aromatic heterocycles. The van der Waals surface area contributed by atoms with Gasteiger partial charge >= 0.3 is 5.97 Å². The van der Waals surface area contributed by atoms with Gasteiger partial charge in [0.25, 0.3) is 10.0 Å². The second-order valence-corrected chi connectivity index (χ2v) is 9.11. The van der Waals surface area contributed by atoms with Crippen molar-refractivity contribution in [1.29, 1.82) is 0 Å². The quantitative estimate of drug-likeness (QED) is 0.169. The fourth-order valence-corrected chi connectivity index (χ4v) is 5.01. The second-order valence-electron chi connectivity index (χ2n) is 7.49. The van der Waals surface area contributed by atoms with Crippen molar-refractivity contribution in [3.05, 3.63) is 83.2 Å². The number of sulfonamides is 1. The molecule has 0 radical (unpaired) electrons. The number of hydrogen-bond donors (Lipinski definition) is 3. The molecule has 9 heteroatoms. The van der Waals surface area contributed by atoms with Gasteiger partial charge in [-0.1, -0.05) is 61.8 Å². The van der Waals surface area contributed by atoms with Gasteiger partial charge in [0.2, 0.25) is 0 Å². The van der Waals surface area contributed by atoms with Gasteiger partial charge in [0.1, 0.15) is 4.90 Å². The molecule has 0 atom stereocenters. The van der Waals surface area contributed by atoms with E-state index < -0.39 is 16.0 Å². The third-order valence-electron chi connectivity index (χ3n) is 5.14. The first kappa shape index (κ1) is 28.8. The smallest absolute Gasteiger partial charge is 0.356 e. The van der Waals surface area contributed by atoms with E-state index in [9.17, 15) is 18.3 Å². The number of benzene rings is 2. The molecule has 0 spiro atoms. The van der Waals surface area contributed by atoms with Crippen molar-refractivity contribution >= 4 is 46.4 Å². The number of carbonyl (C=O) groups is 1. The van der Waals surface area contributed by atoms with Crippen LogP contribution in [0.5, 0.6) is 0 Å². The van der Waals surface area contributed by atoms with Crippen LogP contribution in [0.25, 0.3) is 6.08 Å². The van der Waals surface area contributed by atoms with E-state index in [0.717, 1.165) is 0 Å². The van der Waals surface area contributed by atoms with Gasteiger partial charge in [0.15, 0.2) is 5.70 Å². The highest BCUT2D eigenvalue weighted by atomic mass is 32.2. The van der Waals surface area contributed by atoms with Gasteiger partial charge in [-0.2, -0.15) is 0 Å². The van der Waals surface area contributed by atoms with Crippen LogP contribution in [0.3, 0.4) is 0 Å². The molecule has 0 heterocycles. The Kier molecular flexibility index (Phi) is 10.6. The molecule has 0 bridgehead atoms. The van der Waals surface area contributed by atoms with E-state index in [-0.39, 0.29) is 28.4 Å². The second kappa shape index (κ2) is 13.6. The van der Waals surface area contributed by atoms with Gasteiger partial charge in [-0.15, -0.1) is 0 Å².